The van der Waals surface area contributed by atoms with E-state index in [-0.39, 0.29) is 23.8 Å². The van der Waals surface area contributed by atoms with Crippen LogP contribution >= 0.6 is 0 Å². The van der Waals surface area contributed by atoms with E-state index in [2.05, 4.69) is 11.4 Å². The lowest BCUT2D eigenvalue weighted by molar-refractivity contribution is -0.149. The lowest BCUT2D eigenvalue weighted by Crippen LogP contribution is -2.42. The van der Waals surface area contributed by atoms with Crippen LogP contribution in [0.5, 0.6) is 0 Å². The molecule has 1 fully saturated rings. The number of carbonyl (C=O) groups excluding carboxylic acids is 1. The molecule has 1 N–H and O–H groups in total. The van der Waals surface area contributed by atoms with Crippen LogP contribution in [0.25, 0.3) is 0 Å². The minimum atomic E-state index is -0.299. The van der Waals surface area contributed by atoms with Gasteiger partial charge in [0.1, 0.15) is 0 Å². The van der Waals surface area contributed by atoms with Crippen molar-refractivity contribution in [3.8, 4) is 6.07 Å². The maximum atomic E-state index is 11.8. The number of nitrogens with zero attached hydrogens (tertiary/aromatic N) is 1. The Balaban J connectivity index is 2.71. The molecule has 0 amide bonds. The molecule has 4 heteroatoms. The molecule has 0 aromatic rings. The van der Waals surface area contributed by atoms with Gasteiger partial charge in [-0.2, -0.15) is 5.26 Å². The molecule has 0 spiro atoms. The molecule has 0 aliphatic heterocycles. The Hall–Kier alpha value is -1.08. The molecular formula is C12H20N2O2. The minimum absolute atomic E-state index is 0.0868. The monoisotopic (exact) mass is 224 g/mol. The number of hydrogen-bond donors (Lipinski definition) is 1. The van der Waals surface area contributed by atoms with Crippen LogP contribution in [0.2, 0.25) is 0 Å². The summed E-state index contributed by atoms with van der Waals surface area (Å²) in [6, 6.07) is 2.62. The second kappa shape index (κ2) is 5.86. The van der Waals surface area contributed by atoms with Crippen molar-refractivity contribution in [3.63, 3.8) is 0 Å². The maximum absolute atomic E-state index is 11.8. The molecule has 1 saturated carbocycles. The van der Waals surface area contributed by atoms with Crippen LogP contribution in [0.15, 0.2) is 0 Å². The smallest absolute Gasteiger partial charge is 0.311 e. The number of carbonyl (C=O) groups is 1. The lowest BCUT2D eigenvalue weighted by Gasteiger charge is -2.23. The van der Waals surface area contributed by atoms with Gasteiger partial charge in [-0.25, -0.2) is 0 Å². The van der Waals surface area contributed by atoms with Crippen molar-refractivity contribution in [1.29, 1.82) is 5.26 Å². The molecule has 0 aromatic heterocycles. The normalized spacial score (nSPS) is 29.1. The highest BCUT2D eigenvalue weighted by molar-refractivity contribution is 5.74. The summed E-state index contributed by atoms with van der Waals surface area (Å²) in [4.78, 5) is 11.8. The zero-order valence-corrected chi connectivity index (χ0v) is 10.2. The molecule has 1 aliphatic rings. The minimum Gasteiger partial charge on any atom is -0.466 e. The van der Waals surface area contributed by atoms with Crippen molar-refractivity contribution in [1.82, 2.24) is 5.32 Å². The van der Waals surface area contributed by atoms with Crippen LogP contribution in [0, 0.1) is 23.2 Å². The number of esters is 1. The summed E-state index contributed by atoms with van der Waals surface area (Å²) in [7, 11) is 0. The number of nitriles is 1. The van der Waals surface area contributed by atoms with Gasteiger partial charge in [0.15, 0.2) is 0 Å². The van der Waals surface area contributed by atoms with Crippen LogP contribution in [-0.4, -0.2) is 24.7 Å². The van der Waals surface area contributed by atoms with E-state index >= 15 is 0 Å². The van der Waals surface area contributed by atoms with Gasteiger partial charge in [0.2, 0.25) is 0 Å². The molecule has 90 valence electrons. The molecule has 0 unspecified atom stereocenters. The highest BCUT2D eigenvalue weighted by Crippen LogP contribution is 2.33. The fourth-order valence-electron chi connectivity index (χ4n) is 2.33. The largest absolute Gasteiger partial charge is 0.466 e. The van der Waals surface area contributed by atoms with Gasteiger partial charge in [-0.1, -0.05) is 13.8 Å². The van der Waals surface area contributed by atoms with Gasteiger partial charge in [0, 0.05) is 12.1 Å². The summed E-state index contributed by atoms with van der Waals surface area (Å²) in [5.74, 6) is -0.729. The Kier molecular flexibility index (Phi) is 4.75. The highest BCUT2D eigenvalue weighted by Gasteiger charge is 2.42. The third kappa shape index (κ3) is 2.96. The molecular weight excluding hydrogens is 204 g/mol. The average Bonchev–Trinajstić information content (AvgIpc) is 2.60. The average molecular weight is 224 g/mol. The van der Waals surface area contributed by atoms with Crippen molar-refractivity contribution in [2.24, 2.45) is 11.8 Å². The van der Waals surface area contributed by atoms with Crippen molar-refractivity contribution in [3.05, 3.63) is 0 Å². The standard InChI is InChI=1S/C12H20N2O2/c1-4-16-12(15)11-9(7-13)5-6-10(11)14-8(2)3/h8-11,14H,4-6H2,1-3H3/t9-,10-,11-/m1/s1. The van der Waals surface area contributed by atoms with Gasteiger partial charge < -0.3 is 10.1 Å². The molecule has 3 atom stereocenters. The molecule has 0 saturated heterocycles. The second-order valence-corrected chi connectivity index (χ2v) is 4.52. The summed E-state index contributed by atoms with van der Waals surface area (Å²) in [6.07, 6.45) is 1.66. The van der Waals surface area contributed by atoms with E-state index in [0.717, 1.165) is 12.8 Å². The summed E-state index contributed by atoms with van der Waals surface area (Å²) in [5.41, 5.74) is 0. The Bertz CT molecular complexity index is 283. The van der Waals surface area contributed by atoms with Crippen molar-refractivity contribution < 1.29 is 9.53 Å². The molecule has 0 aromatic carbocycles. The number of ether oxygens (including phenoxy) is 1. The van der Waals surface area contributed by atoms with Gasteiger partial charge in [-0.15, -0.1) is 0 Å². The van der Waals surface area contributed by atoms with Crippen LogP contribution in [0.1, 0.15) is 33.6 Å². The van der Waals surface area contributed by atoms with E-state index in [1.165, 1.54) is 0 Å². The Morgan fingerprint density at radius 1 is 1.56 bits per heavy atom. The zero-order valence-electron chi connectivity index (χ0n) is 10.2. The first kappa shape index (κ1) is 13.0. The molecule has 1 aliphatic carbocycles. The van der Waals surface area contributed by atoms with Gasteiger partial charge in [-0.3, -0.25) is 4.79 Å². The second-order valence-electron chi connectivity index (χ2n) is 4.52. The molecule has 1 rings (SSSR count). The Morgan fingerprint density at radius 2 is 2.25 bits per heavy atom. The summed E-state index contributed by atoms with van der Waals surface area (Å²) < 4.78 is 5.04. The van der Waals surface area contributed by atoms with Gasteiger partial charge in [0.25, 0.3) is 0 Å². The summed E-state index contributed by atoms with van der Waals surface area (Å²) in [6.45, 7) is 6.25. The predicted molar refractivity (Wildman–Crippen MR) is 60.5 cm³/mol. The SMILES string of the molecule is CCOC(=O)[C@@H]1[C@@H](C#N)CC[C@H]1NC(C)C. The third-order valence-corrected chi connectivity index (χ3v) is 2.93. The third-order valence-electron chi connectivity index (χ3n) is 2.93. The van der Waals surface area contributed by atoms with Crippen molar-refractivity contribution in [2.75, 3.05) is 6.61 Å². The number of hydrogen-bond acceptors (Lipinski definition) is 4. The van der Waals surface area contributed by atoms with Crippen molar-refractivity contribution >= 4 is 5.97 Å². The van der Waals surface area contributed by atoms with Gasteiger partial charge in [0.05, 0.1) is 24.5 Å². The molecule has 0 heterocycles. The predicted octanol–water partition coefficient (Wildman–Crippen LogP) is 1.47. The Morgan fingerprint density at radius 3 is 2.75 bits per heavy atom. The van der Waals surface area contributed by atoms with Gasteiger partial charge in [-0.05, 0) is 19.8 Å². The van der Waals surface area contributed by atoms with Gasteiger partial charge >= 0.3 is 5.97 Å². The fourth-order valence-corrected chi connectivity index (χ4v) is 2.33. The number of rotatable bonds is 4. The molecule has 4 nitrogen and oxygen atoms in total. The Labute approximate surface area is 97.0 Å². The van der Waals surface area contributed by atoms with E-state index in [4.69, 9.17) is 10.00 Å². The van der Waals surface area contributed by atoms with E-state index < -0.39 is 0 Å². The quantitative estimate of drug-likeness (QED) is 0.734. The molecule has 0 bridgehead atoms. The first-order chi connectivity index (χ1) is 7.60. The molecule has 16 heavy (non-hydrogen) atoms. The van der Waals surface area contributed by atoms with E-state index in [1.54, 1.807) is 6.92 Å². The van der Waals surface area contributed by atoms with Crippen LogP contribution in [0.4, 0.5) is 0 Å². The molecule has 0 radical (unpaired) electrons. The van der Waals surface area contributed by atoms with E-state index in [1.807, 2.05) is 13.8 Å². The summed E-state index contributed by atoms with van der Waals surface area (Å²) in [5, 5.41) is 12.4. The van der Waals surface area contributed by atoms with Crippen LogP contribution in [-0.2, 0) is 9.53 Å². The van der Waals surface area contributed by atoms with Crippen LogP contribution in [0.3, 0.4) is 0 Å². The number of nitrogens with one attached hydrogen (secondary N) is 1. The maximum Gasteiger partial charge on any atom is 0.311 e. The fraction of sp³-hybridized carbons (Fsp3) is 0.833. The highest BCUT2D eigenvalue weighted by atomic mass is 16.5. The summed E-state index contributed by atoms with van der Waals surface area (Å²) >= 11 is 0. The van der Waals surface area contributed by atoms with E-state index in [0.29, 0.717) is 12.6 Å². The zero-order chi connectivity index (χ0) is 12.1. The van der Waals surface area contributed by atoms with Crippen molar-refractivity contribution in [2.45, 2.75) is 45.7 Å². The topological polar surface area (TPSA) is 62.1 Å². The van der Waals surface area contributed by atoms with Crippen LogP contribution < -0.4 is 5.32 Å². The first-order valence-electron chi connectivity index (χ1n) is 5.92. The van der Waals surface area contributed by atoms with E-state index in [9.17, 15) is 4.79 Å². The first-order valence-corrected chi connectivity index (χ1v) is 5.92. The lowest BCUT2D eigenvalue weighted by atomic mass is 9.94.